The average Bonchev–Trinajstić information content (AvgIpc) is 2.68. The molecule has 1 rings (SSSR count). The van der Waals surface area contributed by atoms with Crippen LogP contribution in [-0.4, -0.2) is 53.1 Å². The first-order chi connectivity index (χ1) is 10.4. The Balaban J connectivity index is 3.25. The second-order valence-corrected chi connectivity index (χ2v) is 4.52. The molecule has 0 saturated heterocycles. The van der Waals surface area contributed by atoms with Gasteiger partial charge in [-0.1, -0.05) is 0 Å². The number of alkyl halides is 11. The molecule has 24 heavy (non-hydrogen) atoms. The van der Waals surface area contributed by atoms with Crippen LogP contribution in [0.3, 0.4) is 0 Å². The Morgan fingerprint density at radius 1 is 0.667 bits per heavy atom. The molecule has 0 aliphatic carbocycles. The van der Waals surface area contributed by atoms with E-state index in [-0.39, 0.29) is 12.2 Å². The van der Waals surface area contributed by atoms with Crippen molar-refractivity contribution in [3.05, 3.63) is 12.2 Å². The van der Waals surface area contributed by atoms with Gasteiger partial charge in [-0.25, -0.2) is 0 Å². The van der Waals surface area contributed by atoms with Gasteiger partial charge in [-0.3, -0.25) is 14.5 Å². The Hall–Kier alpha value is -1.89. The highest BCUT2D eigenvalue weighted by atomic mass is 19.4. The Morgan fingerprint density at radius 2 is 1.04 bits per heavy atom. The molecule has 1 aliphatic heterocycles. The van der Waals surface area contributed by atoms with Gasteiger partial charge in [0.05, 0.1) is 6.54 Å². The van der Waals surface area contributed by atoms with E-state index in [0.29, 0.717) is 0 Å². The molecule has 0 atom stereocenters. The number of carbonyl (C=O) groups is 2. The number of imide groups is 1. The molecule has 14 heteroatoms. The summed E-state index contributed by atoms with van der Waals surface area (Å²) < 4.78 is 139. The van der Waals surface area contributed by atoms with Gasteiger partial charge in [-0.15, -0.1) is 0 Å². The second kappa shape index (κ2) is 5.31. The largest absolute Gasteiger partial charge is 0.460 e. The van der Waals surface area contributed by atoms with Crippen molar-refractivity contribution in [1.29, 1.82) is 0 Å². The Labute approximate surface area is 124 Å². The highest BCUT2D eigenvalue weighted by Gasteiger charge is 2.87. The summed E-state index contributed by atoms with van der Waals surface area (Å²) in [6.45, 7) is -2.83. The van der Waals surface area contributed by atoms with Crippen LogP contribution in [-0.2, 0) is 9.59 Å². The Kier molecular flexibility index (Phi) is 4.46. The molecule has 1 aliphatic rings. The van der Waals surface area contributed by atoms with Gasteiger partial charge in [-0.05, 0) is 0 Å². The van der Waals surface area contributed by atoms with E-state index in [2.05, 4.69) is 0 Å². The highest BCUT2D eigenvalue weighted by molar-refractivity contribution is 6.12. The third-order valence-corrected chi connectivity index (χ3v) is 2.86. The van der Waals surface area contributed by atoms with E-state index in [0.717, 1.165) is 0 Å². The third-order valence-electron chi connectivity index (χ3n) is 2.86. The molecule has 138 valence electrons. The lowest BCUT2D eigenvalue weighted by atomic mass is 9.97. The molecular formula is C10H4F11NO2. The average molecular weight is 379 g/mol. The predicted molar refractivity (Wildman–Crippen MR) is 51.7 cm³/mol. The minimum atomic E-state index is -7.57. The van der Waals surface area contributed by atoms with E-state index in [1.54, 1.807) is 0 Å². The summed E-state index contributed by atoms with van der Waals surface area (Å²) in [6, 6.07) is 0. The van der Waals surface area contributed by atoms with E-state index in [4.69, 9.17) is 0 Å². The first-order valence-electron chi connectivity index (χ1n) is 5.51. The summed E-state index contributed by atoms with van der Waals surface area (Å²) in [5.74, 6) is -31.9. The summed E-state index contributed by atoms with van der Waals surface area (Å²) in [5.41, 5.74) is 0. The van der Waals surface area contributed by atoms with E-state index >= 15 is 0 Å². The van der Waals surface area contributed by atoms with Crippen LogP contribution in [0.15, 0.2) is 12.2 Å². The van der Waals surface area contributed by atoms with E-state index in [1.807, 2.05) is 0 Å². The van der Waals surface area contributed by atoms with Gasteiger partial charge in [0.25, 0.3) is 11.8 Å². The number of nitrogens with zero attached hydrogens (tertiary/aromatic N) is 1. The van der Waals surface area contributed by atoms with Crippen molar-refractivity contribution in [2.24, 2.45) is 0 Å². The molecule has 0 aromatic rings. The molecule has 0 fully saturated rings. The maximum atomic E-state index is 13.3. The first kappa shape index (κ1) is 20.2. The maximum Gasteiger partial charge on any atom is 0.460 e. The zero-order valence-electron chi connectivity index (χ0n) is 10.8. The molecule has 0 bridgehead atoms. The highest BCUT2D eigenvalue weighted by Crippen LogP contribution is 2.57. The lowest BCUT2D eigenvalue weighted by Crippen LogP contribution is -2.68. The smallest absolute Gasteiger partial charge is 0.269 e. The number of halogens is 11. The zero-order valence-corrected chi connectivity index (χ0v) is 10.8. The molecule has 0 saturated carbocycles. The number of hydrogen-bond acceptors (Lipinski definition) is 2. The van der Waals surface area contributed by atoms with Crippen molar-refractivity contribution in [2.45, 2.75) is 29.9 Å². The minimum absolute atomic E-state index is 0.277. The SMILES string of the molecule is O=C1C=CC(=O)N1CC(F)(F)C(F)(F)C(F)(F)C(F)(F)C(F)(F)F. The van der Waals surface area contributed by atoms with Crippen LogP contribution < -0.4 is 0 Å². The molecule has 0 unspecified atom stereocenters. The molecule has 1 heterocycles. The fraction of sp³-hybridized carbons (Fsp3) is 0.600. The van der Waals surface area contributed by atoms with Crippen LogP contribution >= 0.6 is 0 Å². The summed E-state index contributed by atoms with van der Waals surface area (Å²) in [4.78, 5) is 21.1. The maximum absolute atomic E-state index is 13.3. The van der Waals surface area contributed by atoms with Crippen LogP contribution in [0.25, 0.3) is 0 Å². The predicted octanol–water partition coefficient (Wildman–Crippen LogP) is 3.01. The molecule has 0 radical (unpaired) electrons. The Bertz CT molecular complexity index is 560. The summed E-state index contributed by atoms with van der Waals surface area (Å²) in [6.07, 6.45) is -6.71. The monoisotopic (exact) mass is 379 g/mol. The summed E-state index contributed by atoms with van der Waals surface area (Å²) in [5, 5.41) is 0. The van der Waals surface area contributed by atoms with Crippen molar-refractivity contribution in [3.8, 4) is 0 Å². The molecule has 3 nitrogen and oxygen atoms in total. The lowest BCUT2D eigenvalue weighted by molar-refractivity contribution is -0.422. The minimum Gasteiger partial charge on any atom is -0.269 e. The van der Waals surface area contributed by atoms with E-state index < -0.39 is 53.1 Å². The Morgan fingerprint density at radius 3 is 1.38 bits per heavy atom. The van der Waals surface area contributed by atoms with Crippen LogP contribution in [0.2, 0.25) is 0 Å². The van der Waals surface area contributed by atoms with Crippen LogP contribution in [0.5, 0.6) is 0 Å². The lowest BCUT2D eigenvalue weighted by Gasteiger charge is -2.38. The van der Waals surface area contributed by atoms with Gasteiger partial charge >= 0.3 is 29.9 Å². The van der Waals surface area contributed by atoms with Gasteiger partial charge in [0, 0.05) is 12.2 Å². The standard InChI is InChI=1S/C10H4F11NO2/c11-6(12,3-22-4(23)1-2-5(22)24)7(13,14)8(15,16)9(17,18)10(19,20)21/h1-2H,3H2. The van der Waals surface area contributed by atoms with Crippen LogP contribution in [0, 0.1) is 0 Å². The van der Waals surface area contributed by atoms with E-state index in [9.17, 15) is 57.9 Å². The molecule has 2 amide bonds. The van der Waals surface area contributed by atoms with Gasteiger partial charge in [0.2, 0.25) is 0 Å². The van der Waals surface area contributed by atoms with Crippen molar-refractivity contribution in [3.63, 3.8) is 0 Å². The van der Waals surface area contributed by atoms with E-state index in [1.165, 1.54) is 0 Å². The molecule has 0 aromatic heterocycles. The molecule has 0 spiro atoms. The van der Waals surface area contributed by atoms with Gasteiger partial charge < -0.3 is 0 Å². The normalized spacial score (nSPS) is 17.9. The summed E-state index contributed by atoms with van der Waals surface area (Å²) in [7, 11) is 0. The fourth-order valence-corrected chi connectivity index (χ4v) is 1.49. The summed E-state index contributed by atoms with van der Waals surface area (Å²) >= 11 is 0. The van der Waals surface area contributed by atoms with Crippen molar-refractivity contribution >= 4 is 11.8 Å². The van der Waals surface area contributed by atoms with Crippen LogP contribution in [0.1, 0.15) is 0 Å². The molecular weight excluding hydrogens is 375 g/mol. The van der Waals surface area contributed by atoms with Crippen molar-refractivity contribution in [2.75, 3.05) is 6.54 Å². The topological polar surface area (TPSA) is 37.4 Å². The van der Waals surface area contributed by atoms with Gasteiger partial charge in [-0.2, -0.15) is 48.3 Å². The number of rotatable bonds is 5. The fourth-order valence-electron chi connectivity index (χ4n) is 1.49. The first-order valence-corrected chi connectivity index (χ1v) is 5.51. The van der Waals surface area contributed by atoms with Crippen LogP contribution in [0.4, 0.5) is 48.3 Å². The molecule has 0 aromatic carbocycles. The van der Waals surface area contributed by atoms with Crippen molar-refractivity contribution < 1.29 is 57.9 Å². The van der Waals surface area contributed by atoms with Gasteiger partial charge in [0.15, 0.2) is 0 Å². The number of hydrogen-bond donors (Lipinski definition) is 0. The third kappa shape index (κ3) is 2.70. The quantitative estimate of drug-likeness (QED) is 0.544. The number of carbonyl (C=O) groups excluding carboxylic acids is 2. The zero-order chi connectivity index (χ0) is 19.4. The van der Waals surface area contributed by atoms with Crippen molar-refractivity contribution in [1.82, 2.24) is 4.90 Å². The molecule has 0 N–H and O–H groups in total. The second-order valence-electron chi connectivity index (χ2n) is 4.52. The van der Waals surface area contributed by atoms with Gasteiger partial charge in [0.1, 0.15) is 0 Å². The number of amides is 2.